The highest BCUT2D eigenvalue weighted by Gasteiger charge is 2.38. The van der Waals surface area contributed by atoms with Crippen LogP contribution in [0.4, 0.5) is 9.59 Å². The Morgan fingerprint density at radius 1 is 0.627 bits per heavy atom. The van der Waals surface area contributed by atoms with Crippen molar-refractivity contribution in [2.75, 3.05) is 27.3 Å². The van der Waals surface area contributed by atoms with E-state index in [-0.39, 0.29) is 23.9 Å². The van der Waals surface area contributed by atoms with Gasteiger partial charge in [0.2, 0.25) is 0 Å². The third kappa shape index (κ3) is 8.32. The van der Waals surface area contributed by atoms with Crippen molar-refractivity contribution in [2.45, 2.75) is 49.9 Å². The largest absolute Gasteiger partial charge is 0.453 e. The zero-order chi connectivity index (χ0) is 40.9. The van der Waals surface area contributed by atoms with Crippen LogP contribution in [0.25, 0.3) is 32.3 Å². The molecule has 8 rings (SSSR count). The van der Waals surface area contributed by atoms with Gasteiger partial charge in [0.15, 0.2) is 0 Å². The fraction of sp³-hybridized carbons (Fsp3) is 0.273. The number of thiophene rings is 1. The van der Waals surface area contributed by atoms with Crippen molar-refractivity contribution in [1.82, 2.24) is 40.4 Å². The highest BCUT2D eigenvalue weighted by Crippen LogP contribution is 2.38. The number of imidazole rings is 2. The van der Waals surface area contributed by atoms with Crippen LogP contribution >= 0.6 is 11.3 Å². The Morgan fingerprint density at radius 2 is 1.08 bits per heavy atom. The number of amides is 4. The van der Waals surface area contributed by atoms with Crippen molar-refractivity contribution in [3.05, 3.63) is 132 Å². The number of hydrogen-bond donors (Lipinski definition) is 4. The van der Waals surface area contributed by atoms with E-state index in [1.54, 1.807) is 27.3 Å². The van der Waals surface area contributed by atoms with Gasteiger partial charge in [-0.05, 0) is 60.1 Å². The first-order valence-electron chi connectivity index (χ1n) is 19.5. The van der Waals surface area contributed by atoms with Gasteiger partial charge in [-0.1, -0.05) is 84.9 Å². The molecule has 2 fully saturated rings. The van der Waals surface area contributed by atoms with E-state index in [4.69, 9.17) is 19.4 Å². The van der Waals surface area contributed by atoms with E-state index in [0.717, 1.165) is 58.0 Å². The zero-order valence-corrected chi connectivity index (χ0v) is 33.4. The van der Waals surface area contributed by atoms with Crippen molar-refractivity contribution in [2.24, 2.45) is 0 Å². The normalized spacial score (nSPS) is 17.3. The molecule has 0 unspecified atom stereocenters. The smallest absolute Gasteiger partial charge is 0.407 e. The SMILES string of the molecule is COC(=O)N[C@@H](C(=O)N1CCC[C@@H]1c1ncc(-c2ccc(-c3ccc(-c4cnc([C@@H]5CCCN5C(=O)[C@H](NC(=O)OC)c5ccccc5)[nH]4)cc3)s2)[nH]1)c1ccccc1. The Hall–Kier alpha value is -6.74. The van der Waals surface area contributed by atoms with Gasteiger partial charge >= 0.3 is 12.2 Å². The summed E-state index contributed by atoms with van der Waals surface area (Å²) in [7, 11) is 2.56. The summed E-state index contributed by atoms with van der Waals surface area (Å²) in [5.41, 5.74) is 5.07. The summed E-state index contributed by atoms with van der Waals surface area (Å²) in [6.07, 6.45) is 5.38. The van der Waals surface area contributed by atoms with E-state index in [0.29, 0.717) is 35.9 Å². The first-order chi connectivity index (χ1) is 28.8. The molecule has 0 radical (unpaired) electrons. The lowest BCUT2D eigenvalue weighted by Crippen LogP contribution is -2.42. The topological polar surface area (TPSA) is 175 Å². The maximum absolute atomic E-state index is 13.9. The van der Waals surface area contributed by atoms with E-state index < -0.39 is 24.3 Å². The second-order valence-corrected chi connectivity index (χ2v) is 15.5. The summed E-state index contributed by atoms with van der Waals surface area (Å²) in [4.78, 5) is 74.3. The minimum Gasteiger partial charge on any atom is -0.453 e. The first kappa shape index (κ1) is 39.1. The Morgan fingerprint density at radius 3 is 1.59 bits per heavy atom. The van der Waals surface area contributed by atoms with Crippen LogP contribution < -0.4 is 10.6 Å². The number of carbonyl (C=O) groups is 4. The number of rotatable bonds is 11. The Kier molecular flexibility index (Phi) is 11.5. The molecule has 0 spiro atoms. The number of methoxy groups -OCH3 is 2. The van der Waals surface area contributed by atoms with Crippen molar-refractivity contribution in [3.8, 4) is 32.3 Å². The summed E-state index contributed by atoms with van der Waals surface area (Å²) in [5.74, 6) is 0.965. The number of H-pyrrole nitrogens is 2. The van der Waals surface area contributed by atoms with Crippen LogP contribution in [0.1, 0.15) is 72.6 Å². The van der Waals surface area contributed by atoms with Crippen molar-refractivity contribution in [1.29, 1.82) is 0 Å². The second kappa shape index (κ2) is 17.4. The number of likely N-dealkylation sites (tertiary alicyclic amines) is 2. The number of nitrogens with zero attached hydrogens (tertiary/aromatic N) is 4. The molecule has 59 heavy (non-hydrogen) atoms. The molecular weight excluding hydrogens is 769 g/mol. The minimum absolute atomic E-state index is 0.215. The molecule has 3 aromatic heterocycles. The molecule has 0 saturated carbocycles. The van der Waals surface area contributed by atoms with E-state index in [9.17, 15) is 19.2 Å². The van der Waals surface area contributed by atoms with Crippen molar-refractivity contribution < 1.29 is 28.7 Å². The Labute approximate surface area is 345 Å². The van der Waals surface area contributed by atoms with Crippen LogP contribution in [0.5, 0.6) is 0 Å². The van der Waals surface area contributed by atoms with Crippen LogP contribution in [0.2, 0.25) is 0 Å². The van der Waals surface area contributed by atoms with Crippen LogP contribution in [-0.2, 0) is 19.1 Å². The van der Waals surface area contributed by atoms with Crippen LogP contribution in [0, 0.1) is 0 Å². The molecule has 4 atom stereocenters. The third-order valence-corrected chi connectivity index (χ3v) is 12.1. The van der Waals surface area contributed by atoms with E-state index in [1.165, 1.54) is 14.2 Å². The molecule has 3 aromatic carbocycles. The molecule has 15 heteroatoms. The Bertz CT molecular complexity index is 2410. The lowest BCUT2D eigenvalue weighted by Gasteiger charge is -2.28. The number of alkyl carbamates (subject to hydrolysis) is 2. The zero-order valence-electron chi connectivity index (χ0n) is 32.6. The molecule has 2 aliphatic rings. The fourth-order valence-corrected chi connectivity index (χ4v) is 8.89. The predicted molar refractivity (Wildman–Crippen MR) is 222 cm³/mol. The van der Waals surface area contributed by atoms with Gasteiger partial charge in [-0.3, -0.25) is 9.59 Å². The molecular formula is C44H44N8O6S. The molecule has 4 amide bonds. The highest BCUT2D eigenvalue weighted by molar-refractivity contribution is 7.18. The monoisotopic (exact) mass is 812 g/mol. The number of hydrogen-bond acceptors (Lipinski definition) is 9. The number of nitrogens with one attached hydrogen (secondary N) is 4. The van der Waals surface area contributed by atoms with Crippen molar-refractivity contribution in [3.63, 3.8) is 0 Å². The molecule has 302 valence electrons. The number of carbonyl (C=O) groups excluding carboxylic acids is 4. The molecule has 0 bridgehead atoms. The summed E-state index contributed by atoms with van der Waals surface area (Å²) in [6.45, 7) is 1.10. The van der Waals surface area contributed by atoms with Gasteiger partial charge in [0.25, 0.3) is 11.8 Å². The van der Waals surface area contributed by atoms with E-state index in [1.807, 2.05) is 79.0 Å². The molecule has 4 N–H and O–H groups in total. The number of aromatic amines is 2. The van der Waals surface area contributed by atoms with Crippen LogP contribution in [-0.4, -0.2) is 81.0 Å². The number of benzene rings is 3. The number of ether oxygens (including phenoxy) is 2. The fourth-order valence-electron chi connectivity index (χ4n) is 7.92. The lowest BCUT2D eigenvalue weighted by molar-refractivity contribution is -0.135. The number of aromatic nitrogens is 4. The summed E-state index contributed by atoms with van der Waals surface area (Å²) in [6, 6.07) is 28.4. The molecule has 5 heterocycles. The van der Waals surface area contributed by atoms with Gasteiger partial charge in [-0.15, -0.1) is 11.3 Å². The molecule has 2 aliphatic heterocycles. The standard InChI is InChI=1S/C44H44N8O6S/c1-57-43(55)49-37(29-11-5-3-6-12-29)41(53)51-23-9-15-33(51)39-45-25-31(47-39)27-17-19-28(20-18-27)35-21-22-36(59-35)32-26-46-40(48-32)34-16-10-24-52(34)42(54)38(50-44(56)58-2)30-13-7-4-8-14-30/h3-8,11-14,17-22,25-26,33-34,37-38H,9-10,15-16,23-24H2,1-2H3,(H,45,47)(H,46,48)(H,49,55)(H,50,56)/t33-,34+,37+,38+/m0/s1. The quantitative estimate of drug-likeness (QED) is 0.103. The molecule has 14 nitrogen and oxygen atoms in total. The summed E-state index contributed by atoms with van der Waals surface area (Å²) < 4.78 is 9.66. The Balaban J connectivity index is 0.940. The average Bonchev–Trinajstić information content (AvgIpc) is 4.13. The van der Waals surface area contributed by atoms with Crippen molar-refractivity contribution >= 4 is 35.3 Å². The summed E-state index contributed by atoms with van der Waals surface area (Å²) in [5, 5.41) is 5.42. The van der Waals surface area contributed by atoms with Gasteiger partial charge in [0, 0.05) is 18.0 Å². The first-order valence-corrected chi connectivity index (χ1v) is 20.3. The summed E-state index contributed by atoms with van der Waals surface area (Å²) >= 11 is 1.64. The minimum atomic E-state index is -0.885. The van der Waals surface area contributed by atoms with Gasteiger partial charge in [0.1, 0.15) is 23.7 Å². The van der Waals surface area contributed by atoms with Crippen LogP contribution in [0.3, 0.4) is 0 Å². The molecule has 2 saturated heterocycles. The molecule has 6 aromatic rings. The van der Waals surface area contributed by atoms with E-state index in [2.05, 4.69) is 44.9 Å². The average molecular weight is 813 g/mol. The highest BCUT2D eigenvalue weighted by atomic mass is 32.1. The van der Waals surface area contributed by atoms with E-state index >= 15 is 0 Å². The maximum atomic E-state index is 13.9. The lowest BCUT2D eigenvalue weighted by atomic mass is 10.1. The maximum Gasteiger partial charge on any atom is 0.407 e. The van der Waals surface area contributed by atoms with Gasteiger partial charge < -0.3 is 39.9 Å². The second-order valence-electron chi connectivity index (χ2n) is 14.4. The van der Waals surface area contributed by atoms with Gasteiger partial charge in [0.05, 0.1) is 55.0 Å². The molecule has 0 aliphatic carbocycles. The van der Waals surface area contributed by atoms with Gasteiger partial charge in [-0.25, -0.2) is 19.6 Å². The third-order valence-electron chi connectivity index (χ3n) is 10.9. The van der Waals surface area contributed by atoms with Gasteiger partial charge in [-0.2, -0.15) is 0 Å². The van der Waals surface area contributed by atoms with Crippen LogP contribution in [0.15, 0.2) is 109 Å². The predicted octanol–water partition coefficient (Wildman–Crippen LogP) is 7.72.